The zero-order valence-electron chi connectivity index (χ0n) is 17.8. The number of fused-ring (bicyclic) bond motifs is 2. The van der Waals surface area contributed by atoms with Gasteiger partial charge in [-0.25, -0.2) is 13.8 Å². The second-order valence-electron chi connectivity index (χ2n) is 7.96. The van der Waals surface area contributed by atoms with Crippen molar-refractivity contribution in [3.05, 3.63) is 41.2 Å². The van der Waals surface area contributed by atoms with Crippen LogP contribution in [0.5, 0.6) is 0 Å². The van der Waals surface area contributed by atoms with Crippen LogP contribution in [0.15, 0.2) is 24.8 Å². The third-order valence-electron chi connectivity index (χ3n) is 5.63. The summed E-state index contributed by atoms with van der Waals surface area (Å²) >= 11 is 6.31. The Bertz CT molecular complexity index is 1580. The van der Waals surface area contributed by atoms with Gasteiger partial charge in [0.15, 0.2) is 17.3 Å². The third kappa shape index (κ3) is 3.97. The number of aromatic amines is 1. The van der Waals surface area contributed by atoms with E-state index in [1.165, 1.54) is 29.2 Å². The number of aromatic nitrogens is 5. The summed E-state index contributed by atoms with van der Waals surface area (Å²) in [5.74, 6) is -3.94. The highest BCUT2D eigenvalue weighted by Crippen LogP contribution is 2.40. The fourth-order valence-corrected chi connectivity index (χ4v) is 4.08. The normalized spacial score (nSPS) is 17.8. The van der Waals surface area contributed by atoms with E-state index in [9.17, 15) is 28.0 Å². The second kappa shape index (κ2) is 8.76. The van der Waals surface area contributed by atoms with Crippen molar-refractivity contribution in [3.8, 4) is 17.3 Å². The van der Waals surface area contributed by atoms with Gasteiger partial charge in [-0.15, -0.1) is 0 Å². The minimum absolute atomic E-state index is 0.0568. The summed E-state index contributed by atoms with van der Waals surface area (Å²) in [6.07, 6.45) is 1.07. The van der Waals surface area contributed by atoms with Crippen LogP contribution < -0.4 is 10.6 Å². The molecule has 0 spiro atoms. The molecule has 3 atom stereocenters. The van der Waals surface area contributed by atoms with Crippen LogP contribution in [0.3, 0.4) is 0 Å². The van der Waals surface area contributed by atoms with Crippen LogP contribution >= 0.6 is 11.6 Å². The number of carbonyl (C=O) groups excluding carboxylic acids is 2. The maximum Gasteiger partial charge on any atom is 0.315 e. The fraction of sp³-hybridized carbons (Fsp3) is 0.238. The molecule has 1 aromatic carbocycles. The highest BCUT2D eigenvalue weighted by Gasteiger charge is 2.43. The van der Waals surface area contributed by atoms with Gasteiger partial charge in [-0.1, -0.05) is 11.6 Å². The Morgan fingerprint density at radius 1 is 1.31 bits per heavy atom. The Kier molecular flexibility index (Phi) is 5.71. The van der Waals surface area contributed by atoms with Crippen molar-refractivity contribution in [1.82, 2.24) is 29.9 Å². The molecule has 1 aliphatic rings. The van der Waals surface area contributed by atoms with Crippen molar-refractivity contribution in [2.24, 2.45) is 5.92 Å². The number of amides is 2. The Balaban J connectivity index is 1.56. The van der Waals surface area contributed by atoms with Crippen LogP contribution in [0.1, 0.15) is 18.0 Å². The van der Waals surface area contributed by atoms with Crippen LogP contribution in [-0.2, 0) is 9.59 Å². The van der Waals surface area contributed by atoms with Crippen LogP contribution in [0.2, 0.25) is 5.02 Å². The molecule has 3 N–H and O–H groups in total. The van der Waals surface area contributed by atoms with E-state index < -0.39 is 52.8 Å². The summed E-state index contributed by atoms with van der Waals surface area (Å²) in [6.45, 7) is 0. The molecule has 3 heterocycles. The Morgan fingerprint density at radius 2 is 2.06 bits per heavy atom. The number of rotatable bonds is 6. The fourth-order valence-electron chi connectivity index (χ4n) is 3.78. The average Bonchev–Trinajstić information content (AvgIpc) is 3.21. The van der Waals surface area contributed by atoms with Gasteiger partial charge in [-0.05, 0) is 6.42 Å². The number of anilines is 1. The zero-order valence-corrected chi connectivity index (χ0v) is 18.5. The lowest BCUT2D eigenvalue weighted by Gasteiger charge is -2.16. The minimum Gasteiger partial charge on any atom is -0.331 e. The number of alkyl halides is 3. The minimum atomic E-state index is -3.42. The van der Waals surface area contributed by atoms with Gasteiger partial charge >= 0.3 is 6.43 Å². The van der Waals surface area contributed by atoms with Gasteiger partial charge in [0, 0.05) is 17.1 Å². The van der Waals surface area contributed by atoms with E-state index in [0.717, 1.165) is 0 Å². The van der Waals surface area contributed by atoms with E-state index in [1.807, 2.05) is 0 Å². The number of nitrogens with one attached hydrogen (secondary N) is 3. The highest BCUT2D eigenvalue weighted by molar-refractivity contribution is 6.35. The van der Waals surface area contributed by atoms with Crippen molar-refractivity contribution < 1.29 is 27.2 Å². The van der Waals surface area contributed by atoms with Gasteiger partial charge in [-0.3, -0.25) is 19.7 Å². The largest absolute Gasteiger partial charge is 0.331 e. The molecule has 0 saturated heterocycles. The van der Waals surface area contributed by atoms with Crippen molar-refractivity contribution in [3.63, 3.8) is 0 Å². The first kappa shape index (κ1) is 23.5. The monoisotopic (exact) mass is 520 g/mol. The van der Waals surface area contributed by atoms with E-state index in [1.54, 1.807) is 11.4 Å². The molecule has 0 radical (unpaired) electrons. The lowest BCUT2D eigenvalue weighted by atomic mass is 9.98. The molecule has 0 aliphatic heterocycles. The van der Waals surface area contributed by atoms with E-state index in [0.29, 0.717) is 5.65 Å². The predicted octanol–water partition coefficient (Wildman–Crippen LogP) is 3.31. The first-order chi connectivity index (χ1) is 17.2. The first-order valence-electron chi connectivity index (χ1n) is 10.3. The maximum absolute atomic E-state index is 15.4. The molecular weight excluding hydrogens is 508 g/mol. The van der Waals surface area contributed by atoms with Crippen molar-refractivity contribution in [2.75, 3.05) is 5.32 Å². The molecule has 15 heteroatoms. The van der Waals surface area contributed by atoms with E-state index in [-0.39, 0.29) is 34.4 Å². The van der Waals surface area contributed by atoms with Crippen LogP contribution in [0.4, 0.5) is 23.4 Å². The molecule has 10 nitrogen and oxygen atoms in total. The molecule has 0 bridgehead atoms. The Labute approximate surface area is 203 Å². The van der Waals surface area contributed by atoms with Crippen molar-refractivity contribution in [1.29, 1.82) is 5.26 Å². The number of hydrogen-bond donors (Lipinski definition) is 3. The molecule has 1 aliphatic carbocycles. The first-order valence-corrected chi connectivity index (χ1v) is 10.7. The molecular formula is C21H13ClF4N8O2. The van der Waals surface area contributed by atoms with Crippen LogP contribution in [0, 0.1) is 23.1 Å². The number of hydrogen-bond acceptors (Lipinski definition) is 6. The summed E-state index contributed by atoms with van der Waals surface area (Å²) in [4.78, 5) is 31.9. The molecule has 1 fully saturated rings. The molecule has 36 heavy (non-hydrogen) atoms. The van der Waals surface area contributed by atoms with Gasteiger partial charge in [0.25, 0.3) is 5.91 Å². The van der Waals surface area contributed by atoms with Gasteiger partial charge in [-0.2, -0.15) is 19.1 Å². The number of imidazole rings is 1. The summed E-state index contributed by atoms with van der Waals surface area (Å²) in [7, 11) is 0. The zero-order chi connectivity index (χ0) is 25.7. The molecule has 3 aromatic heterocycles. The Hall–Kier alpha value is -4.25. The van der Waals surface area contributed by atoms with Crippen molar-refractivity contribution in [2.45, 2.75) is 25.1 Å². The molecule has 5 rings (SSSR count). The summed E-state index contributed by atoms with van der Waals surface area (Å²) in [5.41, 5.74) is 0.0118. The molecule has 184 valence electrons. The lowest BCUT2D eigenvalue weighted by molar-refractivity contribution is -0.132. The van der Waals surface area contributed by atoms with Crippen LogP contribution in [-0.4, -0.2) is 49.0 Å². The number of carbonyl (C=O) groups is 2. The van der Waals surface area contributed by atoms with Gasteiger partial charge in [0.05, 0.1) is 52.4 Å². The van der Waals surface area contributed by atoms with E-state index in [2.05, 4.69) is 25.5 Å². The smallest absolute Gasteiger partial charge is 0.315 e. The molecule has 1 saturated carbocycles. The maximum atomic E-state index is 15.4. The SMILES string of the molecule is N#CC(NC(=O)C(F)F)c1c(F)c(Cl)c(-c2cn3cc(NC(=O)C4CC4F)nc3cn2)c2cn[nH]c12. The number of H-pyrrole nitrogens is 1. The molecule has 2 amide bonds. The third-order valence-corrected chi connectivity index (χ3v) is 5.98. The highest BCUT2D eigenvalue weighted by atomic mass is 35.5. The second-order valence-corrected chi connectivity index (χ2v) is 8.34. The van der Waals surface area contributed by atoms with Gasteiger partial charge in [0.1, 0.15) is 12.2 Å². The Morgan fingerprint density at radius 3 is 2.72 bits per heavy atom. The molecule has 4 aromatic rings. The van der Waals surface area contributed by atoms with Crippen molar-refractivity contribution >= 4 is 45.8 Å². The van der Waals surface area contributed by atoms with E-state index >= 15 is 4.39 Å². The number of nitrogens with zero attached hydrogens (tertiary/aromatic N) is 5. The number of nitriles is 1. The average molecular weight is 521 g/mol. The summed E-state index contributed by atoms with van der Waals surface area (Å²) in [6, 6.07) is -0.212. The quantitative estimate of drug-likeness (QED) is 0.333. The van der Waals surface area contributed by atoms with E-state index in [4.69, 9.17) is 11.6 Å². The van der Waals surface area contributed by atoms with Gasteiger partial charge < -0.3 is 15.0 Å². The summed E-state index contributed by atoms with van der Waals surface area (Å²) < 4.78 is 55.4. The predicted molar refractivity (Wildman–Crippen MR) is 117 cm³/mol. The topological polar surface area (TPSA) is 141 Å². The number of halogens is 5. The van der Waals surface area contributed by atoms with Gasteiger partial charge in [0.2, 0.25) is 5.91 Å². The summed E-state index contributed by atoms with van der Waals surface area (Å²) in [5, 5.41) is 19.8. The standard InChI is InChI=1S/C21H13ClF4N8O2/c22-16-14(8-3-29-33-18(8)15(17(16)24)10(2-27)30-21(36)19(25)26)11-5-34-6-12(31-13(34)4-28-11)32-20(35)7-1-9(7)23/h3-7,9-10,19H,1H2,(H,29,33)(H,30,36)(H,32,35). The number of benzene rings is 1. The lowest BCUT2D eigenvalue weighted by Crippen LogP contribution is -2.33. The van der Waals surface area contributed by atoms with Crippen LogP contribution in [0.25, 0.3) is 27.8 Å². The molecule has 3 unspecified atom stereocenters.